The second-order valence-electron chi connectivity index (χ2n) is 3.17. The van der Waals surface area contributed by atoms with Gasteiger partial charge in [-0.15, -0.1) is 0 Å². The molecule has 0 aliphatic rings. The third-order valence-electron chi connectivity index (χ3n) is 1.62. The number of carbonyl (C=O) groups excluding carboxylic acids is 1. The molecule has 5 nitrogen and oxygen atoms in total. The largest absolute Gasteiger partial charge is 0.480 e. The molecule has 76 valence electrons. The molecular formula is C8H16N2O3. The van der Waals surface area contributed by atoms with Crippen LogP contribution >= 0.6 is 0 Å². The highest BCUT2D eigenvalue weighted by atomic mass is 16.4. The zero-order chi connectivity index (χ0) is 10.4. The third-order valence-corrected chi connectivity index (χ3v) is 1.62. The first-order chi connectivity index (χ1) is 5.99. The van der Waals surface area contributed by atoms with E-state index in [0.717, 1.165) is 0 Å². The maximum absolute atomic E-state index is 11.0. The molecular weight excluding hydrogens is 172 g/mol. The summed E-state index contributed by atoms with van der Waals surface area (Å²) in [7, 11) is 0. The number of nitrogens with two attached hydrogens (primary N) is 1. The van der Waals surface area contributed by atoms with Crippen LogP contribution in [-0.2, 0) is 9.59 Å². The minimum Gasteiger partial charge on any atom is -0.480 e. The Morgan fingerprint density at radius 3 is 2.31 bits per heavy atom. The Balaban J connectivity index is 4.10. The van der Waals surface area contributed by atoms with Crippen LogP contribution in [-0.4, -0.2) is 29.6 Å². The van der Waals surface area contributed by atoms with Gasteiger partial charge in [0.15, 0.2) is 0 Å². The van der Waals surface area contributed by atoms with E-state index in [-0.39, 0.29) is 24.8 Å². The number of nitrogens with one attached hydrogen (secondary N) is 1. The summed E-state index contributed by atoms with van der Waals surface area (Å²) in [6.45, 7) is 3.71. The molecule has 0 saturated carbocycles. The van der Waals surface area contributed by atoms with Crippen LogP contribution < -0.4 is 11.1 Å². The van der Waals surface area contributed by atoms with E-state index < -0.39 is 12.0 Å². The number of rotatable bonds is 5. The SMILES string of the molecule is CC(C)C(NC(=O)CCN)C(=O)O. The predicted octanol–water partition coefficient (Wildman–Crippen LogP) is -0.439. The molecule has 0 aromatic heterocycles. The maximum Gasteiger partial charge on any atom is 0.326 e. The topological polar surface area (TPSA) is 92.4 Å². The van der Waals surface area contributed by atoms with Gasteiger partial charge in [0.25, 0.3) is 0 Å². The molecule has 0 aliphatic heterocycles. The van der Waals surface area contributed by atoms with E-state index in [0.29, 0.717) is 0 Å². The lowest BCUT2D eigenvalue weighted by Crippen LogP contribution is -2.44. The first-order valence-corrected chi connectivity index (χ1v) is 4.21. The molecule has 0 rings (SSSR count). The van der Waals surface area contributed by atoms with E-state index in [1.165, 1.54) is 0 Å². The number of amides is 1. The van der Waals surface area contributed by atoms with Gasteiger partial charge in [-0.3, -0.25) is 4.79 Å². The number of hydrogen-bond donors (Lipinski definition) is 3. The van der Waals surface area contributed by atoms with E-state index in [2.05, 4.69) is 5.32 Å². The van der Waals surface area contributed by atoms with Crippen molar-refractivity contribution in [3.05, 3.63) is 0 Å². The summed E-state index contributed by atoms with van der Waals surface area (Å²) in [5, 5.41) is 11.1. The molecule has 0 fully saturated rings. The fraction of sp³-hybridized carbons (Fsp3) is 0.750. The minimum absolute atomic E-state index is 0.126. The van der Waals surface area contributed by atoms with Crippen molar-refractivity contribution >= 4 is 11.9 Å². The number of carboxylic acids is 1. The van der Waals surface area contributed by atoms with Crippen LogP contribution in [0.1, 0.15) is 20.3 Å². The van der Waals surface area contributed by atoms with Gasteiger partial charge in [-0.05, 0) is 5.92 Å². The van der Waals surface area contributed by atoms with Gasteiger partial charge >= 0.3 is 5.97 Å². The highest BCUT2D eigenvalue weighted by molar-refractivity contribution is 5.83. The molecule has 4 N–H and O–H groups in total. The van der Waals surface area contributed by atoms with Crippen molar-refractivity contribution in [1.82, 2.24) is 5.32 Å². The van der Waals surface area contributed by atoms with Gasteiger partial charge in [0.2, 0.25) is 5.91 Å². The first kappa shape index (κ1) is 11.9. The van der Waals surface area contributed by atoms with Crippen molar-refractivity contribution in [3.63, 3.8) is 0 Å². The minimum atomic E-state index is -1.01. The molecule has 0 aromatic carbocycles. The highest BCUT2D eigenvalue weighted by Gasteiger charge is 2.22. The Kier molecular flexibility index (Phi) is 5.06. The molecule has 0 radical (unpaired) electrons. The summed E-state index contributed by atoms with van der Waals surface area (Å²) >= 11 is 0. The van der Waals surface area contributed by atoms with Crippen molar-refractivity contribution < 1.29 is 14.7 Å². The third kappa shape index (κ3) is 4.47. The summed E-state index contributed by atoms with van der Waals surface area (Å²) in [6, 6.07) is -0.820. The summed E-state index contributed by atoms with van der Waals surface area (Å²) < 4.78 is 0. The Morgan fingerprint density at radius 2 is 2.00 bits per heavy atom. The first-order valence-electron chi connectivity index (χ1n) is 4.21. The smallest absolute Gasteiger partial charge is 0.326 e. The maximum atomic E-state index is 11.0. The van der Waals surface area contributed by atoms with Crippen molar-refractivity contribution in [2.75, 3.05) is 6.54 Å². The van der Waals surface area contributed by atoms with E-state index >= 15 is 0 Å². The average Bonchev–Trinajstić information content (AvgIpc) is 1.99. The molecule has 0 heterocycles. The summed E-state index contributed by atoms with van der Waals surface area (Å²) in [5.74, 6) is -1.46. The lowest BCUT2D eigenvalue weighted by Gasteiger charge is -2.17. The summed E-state index contributed by atoms with van der Waals surface area (Å²) in [6.07, 6.45) is 0.163. The van der Waals surface area contributed by atoms with Crippen LogP contribution in [0.3, 0.4) is 0 Å². The Bertz CT molecular complexity index is 192. The van der Waals surface area contributed by atoms with Crippen LogP contribution in [0.5, 0.6) is 0 Å². The Labute approximate surface area is 77.3 Å². The van der Waals surface area contributed by atoms with Gasteiger partial charge in [0.1, 0.15) is 6.04 Å². The van der Waals surface area contributed by atoms with E-state index in [1.807, 2.05) is 0 Å². The highest BCUT2D eigenvalue weighted by Crippen LogP contribution is 2.01. The molecule has 0 spiro atoms. The normalized spacial score (nSPS) is 12.6. The monoisotopic (exact) mass is 188 g/mol. The molecule has 1 atom stereocenters. The summed E-state index contributed by atoms with van der Waals surface area (Å²) in [4.78, 5) is 21.6. The second-order valence-corrected chi connectivity index (χ2v) is 3.17. The number of carboxylic acid groups (broad SMARTS) is 1. The van der Waals surface area contributed by atoms with Crippen molar-refractivity contribution in [1.29, 1.82) is 0 Å². The molecule has 1 amide bonds. The average molecular weight is 188 g/mol. The van der Waals surface area contributed by atoms with Crippen LogP contribution in [0.25, 0.3) is 0 Å². The zero-order valence-corrected chi connectivity index (χ0v) is 7.91. The van der Waals surface area contributed by atoms with Crippen LogP contribution in [0, 0.1) is 5.92 Å². The molecule has 0 aromatic rings. The zero-order valence-electron chi connectivity index (χ0n) is 7.91. The fourth-order valence-electron chi connectivity index (χ4n) is 0.890. The van der Waals surface area contributed by atoms with E-state index in [1.54, 1.807) is 13.8 Å². The molecule has 0 saturated heterocycles. The number of aliphatic carboxylic acids is 1. The number of hydrogen-bond acceptors (Lipinski definition) is 3. The Hall–Kier alpha value is -1.10. The predicted molar refractivity (Wildman–Crippen MR) is 48.1 cm³/mol. The van der Waals surface area contributed by atoms with Crippen LogP contribution in [0.2, 0.25) is 0 Å². The van der Waals surface area contributed by atoms with E-state index in [9.17, 15) is 9.59 Å². The van der Waals surface area contributed by atoms with Gasteiger partial charge in [-0.2, -0.15) is 0 Å². The van der Waals surface area contributed by atoms with E-state index in [4.69, 9.17) is 10.8 Å². The lowest BCUT2D eigenvalue weighted by molar-refractivity contribution is -0.143. The second kappa shape index (κ2) is 5.53. The van der Waals surface area contributed by atoms with Gasteiger partial charge in [0, 0.05) is 13.0 Å². The van der Waals surface area contributed by atoms with Crippen LogP contribution in [0.15, 0.2) is 0 Å². The van der Waals surface area contributed by atoms with Crippen molar-refractivity contribution in [2.45, 2.75) is 26.3 Å². The lowest BCUT2D eigenvalue weighted by atomic mass is 10.0. The van der Waals surface area contributed by atoms with Crippen molar-refractivity contribution in [2.24, 2.45) is 11.7 Å². The van der Waals surface area contributed by atoms with Gasteiger partial charge in [-0.25, -0.2) is 4.79 Å². The number of carbonyl (C=O) groups is 2. The van der Waals surface area contributed by atoms with Crippen molar-refractivity contribution in [3.8, 4) is 0 Å². The molecule has 13 heavy (non-hydrogen) atoms. The van der Waals surface area contributed by atoms with Crippen LogP contribution in [0.4, 0.5) is 0 Å². The Morgan fingerprint density at radius 1 is 1.46 bits per heavy atom. The molecule has 5 heteroatoms. The molecule has 1 unspecified atom stereocenters. The standard InChI is InChI=1S/C8H16N2O3/c1-5(2)7(8(12)13)10-6(11)3-4-9/h5,7H,3-4,9H2,1-2H3,(H,10,11)(H,12,13). The quantitative estimate of drug-likeness (QED) is 0.545. The molecule has 0 bridgehead atoms. The van der Waals surface area contributed by atoms with Gasteiger partial charge in [-0.1, -0.05) is 13.8 Å². The van der Waals surface area contributed by atoms with Gasteiger partial charge in [0.05, 0.1) is 0 Å². The van der Waals surface area contributed by atoms with Gasteiger partial charge < -0.3 is 16.2 Å². The fourth-order valence-corrected chi connectivity index (χ4v) is 0.890. The molecule has 0 aliphatic carbocycles. The summed E-state index contributed by atoms with van der Waals surface area (Å²) in [5.41, 5.74) is 5.15.